The van der Waals surface area contributed by atoms with Crippen LogP contribution < -0.4 is 15.8 Å². The smallest absolute Gasteiger partial charge is 0.419 e. The third kappa shape index (κ3) is 8.23. The molecule has 0 radical (unpaired) electrons. The quantitative estimate of drug-likeness (QED) is 0.382. The van der Waals surface area contributed by atoms with Crippen molar-refractivity contribution in [2.75, 3.05) is 11.9 Å². The molecule has 1 fully saturated rings. The summed E-state index contributed by atoms with van der Waals surface area (Å²) in [7, 11) is 0. The van der Waals surface area contributed by atoms with Crippen molar-refractivity contribution in [2.45, 2.75) is 77.4 Å². The molecule has 0 bridgehead atoms. The molecule has 1 amide bonds. The number of nitrogens with zero attached hydrogens (tertiary/aromatic N) is 1. The Morgan fingerprint density at radius 1 is 1.17 bits per heavy atom. The Bertz CT molecular complexity index is 999. The number of carbonyl (C=O) groups excluding carboxylic acids is 1. The first-order chi connectivity index (χ1) is 16.4. The summed E-state index contributed by atoms with van der Waals surface area (Å²) >= 11 is 0. The zero-order valence-electron chi connectivity index (χ0n) is 20.8. The second kappa shape index (κ2) is 11.4. The molecule has 1 aromatic heterocycles. The fraction of sp³-hybridized carbons (Fsp3) is 0.556. The maximum absolute atomic E-state index is 13.9. The number of alkyl halides is 3. The van der Waals surface area contributed by atoms with Gasteiger partial charge in [-0.05, 0) is 67.0 Å². The van der Waals surface area contributed by atoms with E-state index in [9.17, 15) is 18.0 Å². The molecule has 1 aliphatic rings. The fourth-order valence-electron chi connectivity index (χ4n) is 4.81. The summed E-state index contributed by atoms with van der Waals surface area (Å²) in [5.74, 6) is 0.829. The van der Waals surface area contributed by atoms with Crippen LogP contribution in [0.3, 0.4) is 0 Å². The predicted octanol–water partition coefficient (Wildman–Crippen LogP) is 6.82. The Hall–Kier alpha value is -2.61. The lowest BCUT2D eigenvalue weighted by atomic mass is 9.93. The van der Waals surface area contributed by atoms with Crippen molar-refractivity contribution in [1.82, 2.24) is 4.98 Å². The second-order valence-electron chi connectivity index (χ2n) is 10.4. The monoisotopic (exact) mass is 491 g/mol. The van der Waals surface area contributed by atoms with Gasteiger partial charge in [-0.15, -0.1) is 0 Å². The lowest BCUT2D eigenvalue weighted by Crippen LogP contribution is -2.43. The maximum atomic E-state index is 13.9. The molecule has 5 nitrogen and oxygen atoms in total. The van der Waals surface area contributed by atoms with Gasteiger partial charge in [0.1, 0.15) is 18.2 Å². The van der Waals surface area contributed by atoms with Crippen molar-refractivity contribution in [1.29, 1.82) is 0 Å². The van der Waals surface area contributed by atoms with E-state index in [1.807, 2.05) is 13.8 Å². The number of rotatable bonds is 10. The van der Waals surface area contributed by atoms with Crippen molar-refractivity contribution in [3.05, 3.63) is 42.1 Å². The lowest BCUT2D eigenvalue weighted by molar-refractivity contribution is -0.139. The standard InChI is InChI=1S/C27H36F3N3O2/c1-18(2)16-26(3,31)17-35-23-10-9-20(14-22(23)27(28,29)30)21-12-13-32-24(15-21)33-25(34)11-8-19-6-4-5-7-19/h9-10,12-15,18-19H,4-8,11,16-17,31H2,1-3H3,(H,32,33,34). The first kappa shape index (κ1) is 27.0. The molecule has 0 saturated heterocycles. The van der Waals surface area contributed by atoms with Crippen LogP contribution in [0.15, 0.2) is 36.5 Å². The van der Waals surface area contributed by atoms with E-state index in [2.05, 4.69) is 10.3 Å². The number of ether oxygens (including phenoxy) is 1. The minimum atomic E-state index is -4.60. The minimum absolute atomic E-state index is 0.0279. The Labute approximate surface area is 205 Å². The van der Waals surface area contributed by atoms with Gasteiger partial charge in [-0.1, -0.05) is 45.6 Å². The number of hydrogen-bond donors (Lipinski definition) is 2. The van der Waals surface area contributed by atoms with E-state index < -0.39 is 17.3 Å². The number of hydrogen-bond acceptors (Lipinski definition) is 4. The fourth-order valence-corrected chi connectivity index (χ4v) is 4.81. The van der Waals surface area contributed by atoms with E-state index in [-0.39, 0.29) is 18.3 Å². The number of benzene rings is 1. The number of amides is 1. The van der Waals surface area contributed by atoms with Crippen LogP contribution in [0.2, 0.25) is 0 Å². The highest BCUT2D eigenvalue weighted by Gasteiger charge is 2.35. The summed E-state index contributed by atoms with van der Waals surface area (Å²) in [6, 6.07) is 7.16. The summed E-state index contributed by atoms with van der Waals surface area (Å²) < 4.78 is 47.1. The van der Waals surface area contributed by atoms with Gasteiger partial charge in [0.2, 0.25) is 5.91 Å². The van der Waals surface area contributed by atoms with Crippen LogP contribution in [-0.4, -0.2) is 23.0 Å². The molecule has 0 spiro atoms. The number of halogens is 3. The average Bonchev–Trinajstić information content (AvgIpc) is 3.29. The summed E-state index contributed by atoms with van der Waals surface area (Å²) in [5, 5.41) is 2.77. The molecular formula is C27H36F3N3O2. The van der Waals surface area contributed by atoms with Crippen molar-refractivity contribution < 1.29 is 22.7 Å². The van der Waals surface area contributed by atoms with Gasteiger partial charge in [0.15, 0.2) is 0 Å². The highest BCUT2D eigenvalue weighted by atomic mass is 19.4. The third-order valence-corrected chi connectivity index (χ3v) is 6.33. The van der Waals surface area contributed by atoms with Crippen LogP contribution in [0.5, 0.6) is 5.75 Å². The molecule has 8 heteroatoms. The zero-order valence-corrected chi connectivity index (χ0v) is 20.8. The zero-order chi connectivity index (χ0) is 25.6. The first-order valence-corrected chi connectivity index (χ1v) is 12.3. The Kier molecular flexibility index (Phi) is 8.80. The molecule has 3 N–H and O–H groups in total. The minimum Gasteiger partial charge on any atom is -0.491 e. The highest BCUT2D eigenvalue weighted by Crippen LogP contribution is 2.39. The van der Waals surface area contributed by atoms with Gasteiger partial charge in [-0.2, -0.15) is 13.2 Å². The van der Waals surface area contributed by atoms with Crippen LogP contribution in [-0.2, 0) is 11.0 Å². The number of pyridine rings is 1. The predicted molar refractivity (Wildman–Crippen MR) is 132 cm³/mol. The molecular weight excluding hydrogens is 455 g/mol. The topological polar surface area (TPSA) is 77.2 Å². The molecule has 1 saturated carbocycles. The van der Waals surface area contributed by atoms with Gasteiger partial charge in [0.25, 0.3) is 0 Å². The number of carbonyl (C=O) groups is 1. The molecule has 1 unspecified atom stereocenters. The van der Waals surface area contributed by atoms with Gasteiger partial charge in [-0.25, -0.2) is 4.98 Å². The summed E-state index contributed by atoms with van der Waals surface area (Å²) in [6.07, 6.45) is 3.56. The van der Waals surface area contributed by atoms with Crippen LogP contribution in [0.25, 0.3) is 11.1 Å². The van der Waals surface area contributed by atoms with E-state index in [4.69, 9.17) is 10.5 Å². The van der Waals surface area contributed by atoms with Crippen molar-refractivity contribution in [2.24, 2.45) is 17.6 Å². The van der Waals surface area contributed by atoms with Crippen LogP contribution >= 0.6 is 0 Å². The number of nitrogens with one attached hydrogen (secondary N) is 1. The van der Waals surface area contributed by atoms with E-state index in [1.165, 1.54) is 37.9 Å². The molecule has 35 heavy (non-hydrogen) atoms. The summed E-state index contributed by atoms with van der Waals surface area (Å²) in [5.41, 5.74) is 5.47. The molecule has 1 atom stereocenters. The third-order valence-electron chi connectivity index (χ3n) is 6.33. The van der Waals surface area contributed by atoms with Gasteiger partial charge >= 0.3 is 6.18 Å². The van der Waals surface area contributed by atoms with Crippen LogP contribution in [0.1, 0.15) is 71.3 Å². The SMILES string of the molecule is CC(C)CC(C)(N)COc1ccc(-c2ccnc(NC(=O)CCC3CCCC3)c2)cc1C(F)(F)F. The maximum Gasteiger partial charge on any atom is 0.419 e. The van der Waals surface area contributed by atoms with Gasteiger partial charge < -0.3 is 15.8 Å². The number of nitrogens with two attached hydrogens (primary N) is 1. The molecule has 2 aromatic rings. The van der Waals surface area contributed by atoms with E-state index in [0.29, 0.717) is 41.6 Å². The van der Waals surface area contributed by atoms with Crippen LogP contribution in [0, 0.1) is 11.8 Å². The van der Waals surface area contributed by atoms with Crippen molar-refractivity contribution in [3.63, 3.8) is 0 Å². The molecule has 1 aliphatic carbocycles. The lowest BCUT2D eigenvalue weighted by Gasteiger charge is -2.27. The van der Waals surface area contributed by atoms with Gasteiger partial charge in [0, 0.05) is 18.2 Å². The Morgan fingerprint density at radius 2 is 1.86 bits per heavy atom. The molecule has 0 aliphatic heterocycles. The Balaban J connectivity index is 1.73. The summed E-state index contributed by atoms with van der Waals surface area (Å²) in [4.78, 5) is 16.5. The molecule has 1 heterocycles. The largest absolute Gasteiger partial charge is 0.491 e. The average molecular weight is 492 g/mol. The van der Waals surface area contributed by atoms with Crippen molar-refractivity contribution in [3.8, 4) is 16.9 Å². The van der Waals surface area contributed by atoms with E-state index >= 15 is 0 Å². The highest BCUT2D eigenvalue weighted by molar-refractivity contribution is 5.90. The first-order valence-electron chi connectivity index (χ1n) is 12.3. The molecule has 1 aromatic carbocycles. The van der Waals surface area contributed by atoms with Gasteiger partial charge in [-0.3, -0.25) is 4.79 Å². The van der Waals surface area contributed by atoms with E-state index in [1.54, 1.807) is 25.1 Å². The Morgan fingerprint density at radius 3 is 2.51 bits per heavy atom. The molecule has 3 rings (SSSR count). The normalized spacial score (nSPS) is 16.3. The summed E-state index contributed by atoms with van der Waals surface area (Å²) in [6.45, 7) is 5.75. The second-order valence-corrected chi connectivity index (χ2v) is 10.4. The van der Waals surface area contributed by atoms with E-state index in [0.717, 1.165) is 12.5 Å². The number of aromatic nitrogens is 1. The van der Waals surface area contributed by atoms with Crippen molar-refractivity contribution >= 4 is 11.7 Å². The van der Waals surface area contributed by atoms with Crippen LogP contribution in [0.4, 0.5) is 19.0 Å². The number of anilines is 1. The van der Waals surface area contributed by atoms with Gasteiger partial charge in [0.05, 0.1) is 5.56 Å². The molecule has 192 valence electrons.